The van der Waals surface area contributed by atoms with Crippen molar-refractivity contribution in [2.45, 2.75) is 66.9 Å². The molecule has 0 saturated heterocycles. The van der Waals surface area contributed by atoms with Crippen LogP contribution < -0.4 is 10.9 Å². The molecular weight excluding hydrogens is 358 g/mol. The summed E-state index contributed by atoms with van der Waals surface area (Å²) in [6.07, 6.45) is 1.97. The van der Waals surface area contributed by atoms with Crippen LogP contribution in [0.2, 0.25) is 0 Å². The zero-order valence-corrected chi connectivity index (χ0v) is 17.7. The molecule has 8 nitrogen and oxygen atoms in total. The van der Waals surface area contributed by atoms with Gasteiger partial charge in [-0.1, -0.05) is 0 Å². The van der Waals surface area contributed by atoms with Gasteiger partial charge >= 0.3 is 0 Å². The molecule has 0 aliphatic heterocycles. The Hall–Kier alpha value is -2.48. The van der Waals surface area contributed by atoms with E-state index < -0.39 is 0 Å². The number of nitrogens with one attached hydrogen (secondary N) is 2. The second kappa shape index (κ2) is 9.64. The van der Waals surface area contributed by atoms with Crippen molar-refractivity contribution in [2.24, 2.45) is 0 Å². The van der Waals surface area contributed by atoms with E-state index in [2.05, 4.69) is 20.4 Å². The minimum atomic E-state index is -0.169. The molecule has 2 heterocycles. The molecule has 0 saturated carbocycles. The average Bonchev–Trinajstić information content (AvgIpc) is 2.91. The summed E-state index contributed by atoms with van der Waals surface area (Å²) in [6.45, 7) is 12.6. The summed E-state index contributed by atoms with van der Waals surface area (Å²) in [5.74, 6) is 0.406. The first-order valence-electron chi connectivity index (χ1n) is 9.72. The fourth-order valence-corrected chi connectivity index (χ4v) is 2.92. The number of hydrogen-bond donors (Lipinski definition) is 2. The number of aromatic amines is 1. The molecule has 0 unspecified atom stereocenters. The Labute approximate surface area is 165 Å². The van der Waals surface area contributed by atoms with Crippen molar-refractivity contribution in [1.82, 2.24) is 25.1 Å². The van der Waals surface area contributed by atoms with Crippen molar-refractivity contribution in [1.29, 1.82) is 0 Å². The van der Waals surface area contributed by atoms with Crippen molar-refractivity contribution in [3.63, 3.8) is 0 Å². The number of rotatable bonds is 9. The Bertz CT molecular complexity index is 883. The van der Waals surface area contributed by atoms with Gasteiger partial charge in [-0.2, -0.15) is 5.10 Å². The van der Waals surface area contributed by atoms with Crippen LogP contribution in [0.3, 0.4) is 0 Å². The minimum Gasteiger partial charge on any atom is -0.379 e. The molecular formula is C20H31N5O3. The molecule has 0 aromatic carbocycles. The Kier molecular flexibility index (Phi) is 7.51. The van der Waals surface area contributed by atoms with Crippen molar-refractivity contribution in [3.05, 3.63) is 38.6 Å². The highest BCUT2D eigenvalue weighted by Crippen LogP contribution is 2.17. The van der Waals surface area contributed by atoms with Gasteiger partial charge in [0.25, 0.3) is 5.56 Å². The largest absolute Gasteiger partial charge is 0.379 e. The van der Waals surface area contributed by atoms with E-state index in [1.165, 1.54) is 0 Å². The third kappa shape index (κ3) is 5.51. The number of ether oxygens (including phenoxy) is 1. The van der Waals surface area contributed by atoms with Gasteiger partial charge in [-0.15, -0.1) is 0 Å². The molecule has 0 spiro atoms. The normalized spacial score (nSPS) is 11.2. The van der Waals surface area contributed by atoms with Crippen LogP contribution in [0.1, 0.15) is 54.9 Å². The van der Waals surface area contributed by atoms with Crippen molar-refractivity contribution < 1.29 is 9.53 Å². The van der Waals surface area contributed by atoms with Gasteiger partial charge in [-0.25, -0.2) is 9.67 Å². The standard InChI is InChI=1S/C20H31N5O3/c1-12(2)28-11-7-10-21-18(26)9-8-17-15(5)24-25(16(17)6)20-22-14(4)13(3)19(27)23-20/h12H,7-11H2,1-6H3,(H,21,26)(H,22,23,27). The van der Waals surface area contributed by atoms with E-state index in [1.807, 2.05) is 27.7 Å². The molecule has 0 aliphatic carbocycles. The van der Waals surface area contributed by atoms with Gasteiger partial charge in [0.15, 0.2) is 0 Å². The molecule has 8 heteroatoms. The van der Waals surface area contributed by atoms with E-state index in [9.17, 15) is 9.59 Å². The number of hydrogen-bond acceptors (Lipinski definition) is 5. The quantitative estimate of drug-likeness (QED) is 0.639. The van der Waals surface area contributed by atoms with Crippen LogP contribution in [0.5, 0.6) is 0 Å². The molecule has 0 atom stereocenters. The van der Waals surface area contributed by atoms with Crippen molar-refractivity contribution >= 4 is 5.91 Å². The predicted molar refractivity (Wildman–Crippen MR) is 108 cm³/mol. The maximum atomic E-state index is 12.1. The van der Waals surface area contributed by atoms with Gasteiger partial charge < -0.3 is 10.1 Å². The molecule has 0 radical (unpaired) electrons. The molecule has 0 aliphatic rings. The molecule has 0 bridgehead atoms. The van der Waals surface area contributed by atoms with E-state index in [-0.39, 0.29) is 17.6 Å². The summed E-state index contributed by atoms with van der Waals surface area (Å²) in [7, 11) is 0. The fourth-order valence-electron chi connectivity index (χ4n) is 2.92. The Morgan fingerprint density at radius 1 is 1.21 bits per heavy atom. The first kappa shape index (κ1) is 21.8. The van der Waals surface area contributed by atoms with Gasteiger partial charge in [0.2, 0.25) is 11.9 Å². The Balaban J connectivity index is 1.99. The fraction of sp³-hybridized carbons (Fsp3) is 0.600. The highest BCUT2D eigenvalue weighted by atomic mass is 16.5. The zero-order chi connectivity index (χ0) is 20.8. The van der Waals surface area contributed by atoms with E-state index in [0.717, 1.165) is 23.4 Å². The number of aryl methyl sites for hydroxylation is 2. The molecule has 154 valence electrons. The van der Waals surface area contributed by atoms with Crippen LogP contribution in [-0.2, 0) is 16.0 Å². The number of aromatic nitrogens is 4. The maximum Gasteiger partial charge on any atom is 0.255 e. The van der Waals surface area contributed by atoms with Gasteiger partial charge in [0.05, 0.1) is 11.8 Å². The highest BCUT2D eigenvalue weighted by molar-refractivity contribution is 5.76. The summed E-state index contributed by atoms with van der Waals surface area (Å²) in [5.41, 5.74) is 3.81. The Morgan fingerprint density at radius 3 is 2.57 bits per heavy atom. The second-order valence-electron chi connectivity index (χ2n) is 7.28. The average molecular weight is 390 g/mol. The summed E-state index contributed by atoms with van der Waals surface area (Å²) >= 11 is 0. The molecule has 1 amide bonds. The van der Waals surface area contributed by atoms with E-state index in [0.29, 0.717) is 43.2 Å². The van der Waals surface area contributed by atoms with Gasteiger partial charge in [0.1, 0.15) is 0 Å². The number of H-pyrrole nitrogens is 1. The highest BCUT2D eigenvalue weighted by Gasteiger charge is 2.16. The molecule has 2 N–H and O–H groups in total. The number of carbonyl (C=O) groups excluding carboxylic acids is 1. The van der Waals surface area contributed by atoms with Crippen LogP contribution in [0.25, 0.3) is 5.95 Å². The molecule has 28 heavy (non-hydrogen) atoms. The van der Waals surface area contributed by atoms with Crippen molar-refractivity contribution in [2.75, 3.05) is 13.2 Å². The van der Waals surface area contributed by atoms with Crippen LogP contribution in [0.4, 0.5) is 0 Å². The lowest BCUT2D eigenvalue weighted by Gasteiger charge is -2.09. The summed E-state index contributed by atoms with van der Waals surface area (Å²) in [4.78, 5) is 31.3. The summed E-state index contributed by atoms with van der Waals surface area (Å²) in [5, 5.41) is 7.43. The van der Waals surface area contributed by atoms with E-state index in [4.69, 9.17) is 4.74 Å². The third-order valence-electron chi connectivity index (χ3n) is 4.72. The molecule has 2 aromatic rings. The first-order chi connectivity index (χ1) is 13.2. The lowest BCUT2D eigenvalue weighted by atomic mass is 10.1. The van der Waals surface area contributed by atoms with Gasteiger partial charge in [-0.3, -0.25) is 14.6 Å². The number of nitrogens with zero attached hydrogens (tertiary/aromatic N) is 3. The lowest BCUT2D eigenvalue weighted by molar-refractivity contribution is -0.121. The number of carbonyl (C=O) groups is 1. The summed E-state index contributed by atoms with van der Waals surface area (Å²) < 4.78 is 7.10. The Morgan fingerprint density at radius 2 is 1.93 bits per heavy atom. The smallest absolute Gasteiger partial charge is 0.255 e. The van der Waals surface area contributed by atoms with E-state index >= 15 is 0 Å². The topological polar surface area (TPSA) is 102 Å². The lowest BCUT2D eigenvalue weighted by Crippen LogP contribution is -2.25. The summed E-state index contributed by atoms with van der Waals surface area (Å²) in [6, 6.07) is 0. The monoisotopic (exact) mass is 389 g/mol. The van der Waals surface area contributed by atoms with E-state index in [1.54, 1.807) is 18.5 Å². The molecule has 0 fully saturated rings. The predicted octanol–water partition coefficient (Wildman–Crippen LogP) is 2.05. The SMILES string of the molecule is Cc1nn(-c2nc(C)c(C)c(=O)[nH]2)c(C)c1CCC(=O)NCCCOC(C)C. The molecule has 2 aromatic heterocycles. The van der Waals surface area contributed by atoms with Crippen LogP contribution in [0, 0.1) is 27.7 Å². The van der Waals surface area contributed by atoms with Crippen LogP contribution in [-0.4, -0.2) is 44.9 Å². The van der Waals surface area contributed by atoms with Gasteiger partial charge in [-0.05, 0) is 59.9 Å². The number of amides is 1. The van der Waals surface area contributed by atoms with Crippen LogP contribution >= 0.6 is 0 Å². The van der Waals surface area contributed by atoms with Gasteiger partial charge in [0, 0.05) is 36.5 Å². The van der Waals surface area contributed by atoms with Crippen LogP contribution in [0.15, 0.2) is 4.79 Å². The minimum absolute atomic E-state index is 0.00816. The maximum absolute atomic E-state index is 12.1. The second-order valence-corrected chi connectivity index (χ2v) is 7.28. The molecule has 2 rings (SSSR count). The zero-order valence-electron chi connectivity index (χ0n) is 17.7. The first-order valence-corrected chi connectivity index (χ1v) is 9.72. The van der Waals surface area contributed by atoms with Crippen molar-refractivity contribution in [3.8, 4) is 5.95 Å². The third-order valence-corrected chi connectivity index (χ3v) is 4.72.